The van der Waals surface area contributed by atoms with Crippen LogP contribution in [-0.2, 0) is 9.52 Å². The molecule has 1 rings (SSSR count). The van der Waals surface area contributed by atoms with Gasteiger partial charge in [-0.2, -0.15) is 0 Å². The normalized spacial score (nSPS) is 25.6. The summed E-state index contributed by atoms with van der Waals surface area (Å²) in [5.74, 6) is 5.28. The van der Waals surface area contributed by atoms with Gasteiger partial charge in [0.1, 0.15) is 0 Å². The first kappa shape index (κ1) is 10.1. The number of nitrogens with zero attached hydrogens (tertiary/aromatic N) is 1. The third-order valence-corrected chi connectivity index (χ3v) is 4.27. The van der Waals surface area contributed by atoms with Crippen LogP contribution in [0.1, 0.15) is 20.8 Å². The first-order valence-electron chi connectivity index (χ1n) is 4.39. The maximum absolute atomic E-state index is 11.5. The summed E-state index contributed by atoms with van der Waals surface area (Å²) in [7, 11) is -1.72. The summed E-state index contributed by atoms with van der Waals surface area (Å²) in [6, 6.07) is 0. The molecule has 0 N–H and O–H groups in total. The molecule has 0 aliphatic carbocycles. The zero-order valence-electron chi connectivity index (χ0n) is 8.30. The maximum Gasteiger partial charge on any atom is 0.0287 e. The van der Waals surface area contributed by atoms with Gasteiger partial charge in [0.15, 0.2) is 0 Å². The number of hydrogen-bond acceptors (Lipinski definition) is 2. The van der Waals surface area contributed by atoms with Crippen LogP contribution in [0.4, 0.5) is 0 Å². The van der Waals surface area contributed by atoms with Crippen LogP contribution in [0.5, 0.6) is 0 Å². The molecule has 1 aliphatic heterocycles. The van der Waals surface area contributed by atoms with Crippen molar-refractivity contribution >= 4 is 15.4 Å². The molecule has 1 saturated heterocycles. The fraction of sp³-hybridized carbons (Fsp3) is 0.889. The Balaban J connectivity index is 2.58. The molecule has 0 aromatic heterocycles. The highest BCUT2D eigenvalue weighted by atomic mass is 32.2. The molecule has 0 amide bonds. The van der Waals surface area contributed by atoms with Crippen LogP contribution in [0.15, 0.2) is 0 Å². The van der Waals surface area contributed by atoms with Crippen molar-refractivity contribution in [2.75, 3.05) is 24.6 Å². The van der Waals surface area contributed by atoms with Crippen molar-refractivity contribution in [1.29, 1.82) is 0 Å². The first-order chi connectivity index (χ1) is 5.31. The van der Waals surface area contributed by atoms with E-state index in [0.717, 1.165) is 24.6 Å². The van der Waals surface area contributed by atoms with Crippen molar-refractivity contribution in [2.45, 2.75) is 26.3 Å². The lowest BCUT2D eigenvalue weighted by Crippen LogP contribution is -2.49. The molecule has 1 aliphatic rings. The van der Waals surface area contributed by atoms with Gasteiger partial charge in [-0.05, 0) is 36.2 Å². The molecule has 2 nitrogen and oxygen atoms in total. The van der Waals surface area contributed by atoms with E-state index in [1.165, 1.54) is 0 Å². The predicted octanol–water partition coefficient (Wildman–Crippen LogP) is 0.817. The number of hydrogen-bond donors (Lipinski definition) is 0. The van der Waals surface area contributed by atoms with Crippen LogP contribution in [0.3, 0.4) is 0 Å². The third-order valence-electron chi connectivity index (χ3n) is 2.42. The summed E-state index contributed by atoms with van der Waals surface area (Å²) in [4.78, 5) is 2.38. The van der Waals surface area contributed by atoms with Gasteiger partial charge in [0.25, 0.3) is 0 Å². The maximum atomic E-state index is 11.5. The SMILES string of the molecule is C=S1(=O)CCN(C(C)(C)C)CC1. The smallest absolute Gasteiger partial charge is 0.0287 e. The highest BCUT2D eigenvalue weighted by molar-refractivity contribution is 8.00. The molecular formula is C9H19NOS. The second kappa shape index (κ2) is 3.04. The molecule has 72 valence electrons. The summed E-state index contributed by atoms with van der Waals surface area (Å²) in [6.07, 6.45) is 0. The summed E-state index contributed by atoms with van der Waals surface area (Å²) >= 11 is 0. The van der Waals surface area contributed by atoms with Crippen LogP contribution < -0.4 is 0 Å². The fourth-order valence-corrected chi connectivity index (χ4v) is 2.75. The minimum atomic E-state index is -1.72. The van der Waals surface area contributed by atoms with E-state index in [-0.39, 0.29) is 5.54 Å². The summed E-state index contributed by atoms with van der Waals surface area (Å²) in [5, 5.41) is 0. The van der Waals surface area contributed by atoms with Gasteiger partial charge in [-0.3, -0.25) is 9.11 Å². The zero-order valence-corrected chi connectivity index (χ0v) is 9.12. The average molecular weight is 189 g/mol. The van der Waals surface area contributed by atoms with Crippen molar-refractivity contribution < 1.29 is 4.21 Å². The summed E-state index contributed by atoms with van der Waals surface area (Å²) in [5.41, 5.74) is 0.218. The third kappa shape index (κ3) is 2.49. The molecule has 0 bridgehead atoms. The second-order valence-electron chi connectivity index (χ2n) is 4.53. The van der Waals surface area contributed by atoms with E-state index < -0.39 is 9.52 Å². The zero-order chi connectivity index (χ0) is 9.41. The Hall–Kier alpha value is -0.0200. The van der Waals surface area contributed by atoms with Crippen molar-refractivity contribution in [3.63, 3.8) is 0 Å². The molecular weight excluding hydrogens is 170 g/mol. The van der Waals surface area contributed by atoms with Crippen LogP contribution in [0.25, 0.3) is 0 Å². The monoisotopic (exact) mass is 189 g/mol. The Labute approximate surface area is 76.0 Å². The average Bonchev–Trinajstić information content (AvgIpc) is 1.83. The Morgan fingerprint density at radius 2 is 1.67 bits per heavy atom. The lowest BCUT2D eigenvalue weighted by Gasteiger charge is -2.39. The first-order valence-corrected chi connectivity index (χ1v) is 6.45. The predicted molar refractivity (Wildman–Crippen MR) is 56.3 cm³/mol. The molecule has 0 radical (unpaired) electrons. The van der Waals surface area contributed by atoms with Gasteiger partial charge < -0.3 is 0 Å². The standard InChI is InChI=1S/C9H19NOS/c1-9(2,3)10-5-7-12(4,11)8-6-10/h4-8H2,1-3H3. The summed E-state index contributed by atoms with van der Waals surface area (Å²) in [6.45, 7) is 8.47. The largest absolute Gasteiger partial charge is 0.297 e. The van der Waals surface area contributed by atoms with E-state index in [2.05, 4.69) is 31.5 Å². The second-order valence-corrected chi connectivity index (χ2v) is 7.28. The lowest BCUT2D eigenvalue weighted by molar-refractivity contribution is 0.151. The van der Waals surface area contributed by atoms with E-state index >= 15 is 0 Å². The van der Waals surface area contributed by atoms with Gasteiger partial charge in [-0.15, -0.1) is 0 Å². The molecule has 0 spiro atoms. The van der Waals surface area contributed by atoms with Crippen molar-refractivity contribution in [3.05, 3.63) is 0 Å². The molecule has 1 heterocycles. The molecule has 0 saturated carbocycles. The minimum absolute atomic E-state index is 0.218. The van der Waals surface area contributed by atoms with Gasteiger partial charge in [0.2, 0.25) is 0 Å². The molecule has 0 aromatic rings. The van der Waals surface area contributed by atoms with E-state index in [9.17, 15) is 4.21 Å². The molecule has 12 heavy (non-hydrogen) atoms. The van der Waals surface area contributed by atoms with Gasteiger partial charge >= 0.3 is 0 Å². The highest BCUT2D eigenvalue weighted by Crippen LogP contribution is 2.16. The fourth-order valence-electron chi connectivity index (χ4n) is 1.44. The molecule has 0 unspecified atom stereocenters. The highest BCUT2D eigenvalue weighted by Gasteiger charge is 2.25. The lowest BCUT2D eigenvalue weighted by atomic mass is 10.1. The van der Waals surface area contributed by atoms with Crippen LogP contribution >= 0.6 is 0 Å². The Kier molecular flexibility index (Phi) is 2.55. The van der Waals surface area contributed by atoms with Crippen LogP contribution in [-0.4, -0.2) is 45.1 Å². The van der Waals surface area contributed by atoms with Crippen molar-refractivity contribution in [2.24, 2.45) is 0 Å². The van der Waals surface area contributed by atoms with Crippen LogP contribution in [0.2, 0.25) is 0 Å². The van der Waals surface area contributed by atoms with E-state index in [4.69, 9.17) is 0 Å². The van der Waals surface area contributed by atoms with Gasteiger partial charge in [0, 0.05) is 30.1 Å². The Bertz CT molecular complexity index is 234. The quantitative estimate of drug-likeness (QED) is 0.526. The van der Waals surface area contributed by atoms with Crippen LogP contribution in [0, 0.1) is 0 Å². The molecule has 1 fully saturated rings. The summed E-state index contributed by atoms with van der Waals surface area (Å²) < 4.78 is 11.5. The molecule has 0 atom stereocenters. The van der Waals surface area contributed by atoms with E-state index in [1.54, 1.807) is 0 Å². The van der Waals surface area contributed by atoms with Gasteiger partial charge in [-0.25, -0.2) is 0 Å². The van der Waals surface area contributed by atoms with E-state index in [1.807, 2.05) is 0 Å². The Morgan fingerprint density at radius 3 is 2.00 bits per heavy atom. The van der Waals surface area contributed by atoms with Gasteiger partial charge in [0.05, 0.1) is 0 Å². The van der Waals surface area contributed by atoms with Gasteiger partial charge in [-0.1, -0.05) is 0 Å². The molecule has 3 heteroatoms. The van der Waals surface area contributed by atoms with Crippen molar-refractivity contribution in [1.82, 2.24) is 4.90 Å². The number of rotatable bonds is 0. The minimum Gasteiger partial charge on any atom is -0.297 e. The topological polar surface area (TPSA) is 20.3 Å². The Morgan fingerprint density at radius 1 is 1.25 bits per heavy atom. The molecule has 0 aromatic carbocycles. The van der Waals surface area contributed by atoms with Crippen molar-refractivity contribution in [3.8, 4) is 0 Å². The van der Waals surface area contributed by atoms with E-state index in [0.29, 0.717) is 0 Å².